The molecule has 1 aliphatic rings. The highest BCUT2D eigenvalue weighted by Crippen LogP contribution is 2.46. The topological polar surface area (TPSA) is 54.7 Å². The highest BCUT2D eigenvalue weighted by molar-refractivity contribution is 7.98. The fourth-order valence-electron chi connectivity index (χ4n) is 1.74. The van der Waals surface area contributed by atoms with Gasteiger partial charge in [-0.2, -0.15) is 11.8 Å². The minimum Gasteiger partial charge on any atom is -0.408 e. The van der Waals surface area contributed by atoms with Crippen molar-refractivity contribution >= 4 is 35.3 Å². The molecule has 0 aromatic carbocycles. The molecular formula is C11H13N3OS3. The number of rotatable bonds is 5. The number of H-pyrrole nitrogens is 1. The van der Waals surface area contributed by atoms with Crippen molar-refractivity contribution in [2.45, 2.75) is 31.4 Å². The lowest BCUT2D eigenvalue weighted by molar-refractivity contribution is 0.552. The number of nitrogens with one attached hydrogen (secondary N) is 1. The second kappa shape index (κ2) is 5.14. The van der Waals surface area contributed by atoms with Crippen LogP contribution in [0.3, 0.4) is 0 Å². The first-order valence-corrected chi connectivity index (χ1v) is 8.29. The molecule has 18 heavy (non-hydrogen) atoms. The third kappa shape index (κ3) is 2.53. The molecule has 0 saturated heterocycles. The van der Waals surface area contributed by atoms with E-state index in [1.807, 2.05) is 11.8 Å². The fourth-order valence-corrected chi connectivity index (χ4v) is 3.67. The molecule has 96 valence electrons. The van der Waals surface area contributed by atoms with Gasteiger partial charge in [0.15, 0.2) is 0 Å². The largest absolute Gasteiger partial charge is 0.408 e. The van der Waals surface area contributed by atoms with Gasteiger partial charge in [0.05, 0.1) is 5.69 Å². The fraction of sp³-hybridized carbons (Fsp3) is 0.545. The summed E-state index contributed by atoms with van der Waals surface area (Å²) >= 11 is 8.49. The molecule has 3 rings (SSSR count). The summed E-state index contributed by atoms with van der Waals surface area (Å²) in [6.45, 7) is 2.16. The first kappa shape index (κ1) is 12.4. The summed E-state index contributed by atoms with van der Waals surface area (Å²) in [7, 11) is 0. The van der Waals surface area contributed by atoms with Crippen LogP contribution in [0.25, 0.3) is 10.8 Å². The molecule has 2 aromatic rings. The van der Waals surface area contributed by atoms with Crippen molar-refractivity contribution in [1.82, 2.24) is 15.2 Å². The second-order valence-corrected chi connectivity index (χ2v) is 6.88. The number of nitrogens with zero attached hydrogens (tertiary/aromatic N) is 2. The van der Waals surface area contributed by atoms with Crippen molar-refractivity contribution in [3.8, 4) is 10.8 Å². The van der Waals surface area contributed by atoms with Crippen LogP contribution in [0.4, 0.5) is 0 Å². The predicted octanol–water partition coefficient (Wildman–Crippen LogP) is 3.99. The maximum atomic E-state index is 5.42. The van der Waals surface area contributed by atoms with E-state index in [9.17, 15) is 0 Å². The predicted molar refractivity (Wildman–Crippen MR) is 76.6 cm³/mol. The van der Waals surface area contributed by atoms with Crippen LogP contribution in [0.1, 0.15) is 36.4 Å². The third-order valence-electron chi connectivity index (χ3n) is 2.72. The normalized spacial score (nSPS) is 15.2. The van der Waals surface area contributed by atoms with Gasteiger partial charge < -0.3 is 4.42 Å². The van der Waals surface area contributed by atoms with Gasteiger partial charge in [0, 0.05) is 11.7 Å². The van der Waals surface area contributed by atoms with Gasteiger partial charge >= 0.3 is 0 Å². The van der Waals surface area contributed by atoms with Crippen molar-refractivity contribution in [3.63, 3.8) is 0 Å². The van der Waals surface area contributed by atoms with Crippen molar-refractivity contribution in [1.29, 1.82) is 0 Å². The molecule has 0 amide bonds. The molecule has 7 heteroatoms. The molecule has 0 spiro atoms. The van der Waals surface area contributed by atoms with Gasteiger partial charge in [0.1, 0.15) is 9.88 Å². The average Bonchev–Trinajstić information content (AvgIpc) is 2.98. The van der Waals surface area contributed by atoms with E-state index in [0.29, 0.717) is 16.6 Å². The molecule has 0 aliphatic heterocycles. The Labute approximate surface area is 118 Å². The molecule has 1 saturated carbocycles. The standard InChI is InChI=1S/C11H13N3OS3/c1-2-17-5-7-12-8(6-3-4-6)9(18-7)10-13-14-11(16)15-10/h6H,2-5H2,1H3,(H,14,16). The number of thiazole rings is 1. The molecule has 2 aromatic heterocycles. The zero-order valence-corrected chi connectivity index (χ0v) is 12.4. The molecular weight excluding hydrogens is 286 g/mol. The molecule has 0 radical (unpaired) electrons. The van der Waals surface area contributed by atoms with Crippen LogP contribution < -0.4 is 0 Å². The monoisotopic (exact) mass is 299 g/mol. The quantitative estimate of drug-likeness (QED) is 0.846. The van der Waals surface area contributed by atoms with E-state index in [-0.39, 0.29) is 0 Å². The van der Waals surface area contributed by atoms with E-state index in [1.165, 1.54) is 12.8 Å². The first-order chi connectivity index (χ1) is 8.78. The number of hydrogen-bond donors (Lipinski definition) is 1. The van der Waals surface area contributed by atoms with E-state index >= 15 is 0 Å². The number of aromatic amines is 1. The van der Waals surface area contributed by atoms with Crippen molar-refractivity contribution in [3.05, 3.63) is 15.5 Å². The van der Waals surface area contributed by atoms with E-state index in [0.717, 1.165) is 27.1 Å². The van der Waals surface area contributed by atoms with E-state index in [1.54, 1.807) is 11.3 Å². The SMILES string of the molecule is CCSCc1nc(C2CC2)c(-c2n[nH]c(=S)o2)s1. The Kier molecular flexibility index (Phi) is 3.54. The lowest BCUT2D eigenvalue weighted by Gasteiger charge is -1.93. The van der Waals surface area contributed by atoms with Gasteiger partial charge in [-0.3, -0.25) is 0 Å². The molecule has 0 unspecified atom stereocenters. The summed E-state index contributed by atoms with van der Waals surface area (Å²) in [5.74, 6) is 3.26. The Morgan fingerprint density at radius 2 is 2.39 bits per heavy atom. The van der Waals surface area contributed by atoms with Crippen LogP contribution in [0.5, 0.6) is 0 Å². The summed E-state index contributed by atoms with van der Waals surface area (Å²) in [5.41, 5.74) is 1.15. The highest BCUT2D eigenvalue weighted by Gasteiger charge is 2.31. The van der Waals surface area contributed by atoms with Crippen LogP contribution >= 0.6 is 35.3 Å². The van der Waals surface area contributed by atoms with Crippen LogP contribution in [-0.4, -0.2) is 20.9 Å². The minimum atomic E-state index is 0.324. The average molecular weight is 299 g/mol. The number of thioether (sulfide) groups is 1. The van der Waals surface area contributed by atoms with Gasteiger partial charge in [0.25, 0.3) is 10.7 Å². The van der Waals surface area contributed by atoms with Gasteiger partial charge in [-0.05, 0) is 30.8 Å². The Hall–Kier alpha value is -0.660. The highest BCUT2D eigenvalue weighted by atomic mass is 32.2. The van der Waals surface area contributed by atoms with Gasteiger partial charge in [-0.15, -0.1) is 16.4 Å². The van der Waals surface area contributed by atoms with E-state index in [2.05, 4.69) is 17.1 Å². The molecule has 1 aliphatic carbocycles. The number of hydrogen-bond acceptors (Lipinski definition) is 6. The van der Waals surface area contributed by atoms with Crippen molar-refractivity contribution in [2.24, 2.45) is 0 Å². The molecule has 4 nitrogen and oxygen atoms in total. The van der Waals surface area contributed by atoms with E-state index in [4.69, 9.17) is 21.6 Å². The van der Waals surface area contributed by atoms with Crippen molar-refractivity contribution in [2.75, 3.05) is 5.75 Å². The Morgan fingerprint density at radius 1 is 1.56 bits per heavy atom. The molecule has 1 N–H and O–H groups in total. The van der Waals surface area contributed by atoms with Crippen LogP contribution in [-0.2, 0) is 5.75 Å². The van der Waals surface area contributed by atoms with Gasteiger partial charge in [0.2, 0.25) is 0 Å². The number of aromatic nitrogens is 3. The van der Waals surface area contributed by atoms with Crippen LogP contribution in [0, 0.1) is 4.84 Å². The Balaban J connectivity index is 1.95. The lowest BCUT2D eigenvalue weighted by atomic mass is 10.2. The summed E-state index contributed by atoms with van der Waals surface area (Å²) in [4.78, 5) is 6.12. The van der Waals surface area contributed by atoms with Crippen LogP contribution in [0.2, 0.25) is 0 Å². The van der Waals surface area contributed by atoms with E-state index < -0.39 is 0 Å². The van der Waals surface area contributed by atoms with Crippen LogP contribution in [0.15, 0.2) is 4.42 Å². The second-order valence-electron chi connectivity index (χ2n) is 4.15. The maximum absolute atomic E-state index is 5.42. The molecule has 1 fully saturated rings. The zero-order valence-electron chi connectivity index (χ0n) is 9.93. The first-order valence-electron chi connectivity index (χ1n) is 5.91. The van der Waals surface area contributed by atoms with Gasteiger partial charge in [-0.25, -0.2) is 10.1 Å². The lowest BCUT2D eigenvalue weighted by Crippen LogP contribution is -1.85. The summed E-state index contributed by atoms with van der Waals surface area (Å²) < 4.78 is 5.42. The summed E-state index contributed by atoms with van der Waals surface area (Å²) in [6.07, 6.45) is 2.45. The summed E-state index contributed by atoms with van der Waals surface area (Å²) in [6, 6.07) is 0. The molecule has 0 atom stereocenters. The molecule has 0 bridgehead atoms. The minimum absolute atomic E-state index is 0.324. The third-order valence-corrected chi connectivity index (χ3v) is 5.03. The molecule has 2 heterocycles. The maximum Gasteiger partial charge on any atom is 0.284 e. The zero-order chi connectivity index (χ0) is 12.5. The van der Waals surface area contributed by atoms with Crippen molar-refractivity contribution < 1.29 is 4.42 Å². The summed E-state index contributed by atoms with van der Waals surface area (Å²) in [5, 5.41) is 7.95. The smallest absolute Gasteiger partial charge is 0.284 e. The Bertz CT molecular complexity index is 597. The van der Waals surface area contributed by atoms with Gasteiger partial charge in [-0.1, -0.05) is 6.92 Å². The Morgan fingerprint density at radius 3 is 3.00 bits per heavy atom.